The lowest BCUT2D eigenvalue weighted by atomic mass is 9.79. The van der Waals surface area contributed by atoms with E-state index >= 15 is 0 Å². The number of nitrogens with zero attached hydrogens (tertiary/aromatic N) is 3. The lowest BCUT2D eigenvalue weighted by molar-refractivity contribution is -0.193. The highest BCUT2D eigenvalue weighted by atomic mass is 19.4. The molecule has 0 radical (unpaired) electrons. The summed E-state index contributed by atoms with van der Waals surface area (Å²) in [5.74, 6) is -5.80. The summed E-state index contributed by atoms with van der Waals surface area (Å²) in [7, 11) is 0. The molecule has 2 N–H and O–H groups in total. The Morgan fingerprint density at radius 1 is 1.03 bits per heavy atom. The molecule has 196 valence electrons. The Morgan fingerprint density at radius 3 is 1.94 bits per heavy atom. The summed E-state index contributed by atoms with van der Waals surface area (Å²) in [6, 6.07) is 2.92. The molecule has 3 rings (SSSR count). The first-order chi connectivity index (χ1) is 16.0. The fraction of sp³-hybridized carbons (Fsp3) is 0.500. The minimum Gasteiger partial charge on any atom is -0.475 e. The van der Waals surface area contributed by atoms with E-state index in [-0.39, 0.29) is 23.6 Å². The van der Waals surface area contributed by atoms with Crippen molar-refractivity contribution in [3.8, 4) is 0 Å². The lowest BCUT2D eigenvalue weighted by Crippen LogP contribution is -2.59. The molecule has 0 aromatic carbocycles. The number of alkyl halides is 6. The number of rotatable bonds is 4. The summed E-state index contributed by atoms with van der Waals surface area (Å²) in [6.07, 6.45) is -5.67. The molecule has 15 heteroatoms. The quantitative estimate of drug-likeness (QED) is 0.467. The predicted molar refractivity (Wildman–Crippen MR) is 106 cm³/mol. The van der Waals surface area contributed by atoms with Crippen LogP contribution in [0.2, 0.25) is 0 Å². The number of halogens is 7. The number of amides is 1. The number of likely N-dealkylation sites (tertiary alicyclic amines) is 2. The number of aliphatic carboxylic acids is 2. The number of hydrogen-bond acceptors (Lipinski definition) is 5. The molecule has 2 aliphatic heterocycles. The molecule has 2 aliphatic rings. The van der Waals surface area contributed by atoms with Gasteiger partial charge in [-0.3, -0.25) is 14.7 Å². The van der Waals surface area contributed by atoms with E-state index < -0.39 is 24.3 Å². The first-order valence-electron chi connectivity index (χ1n) is 9.81. The molecule has 2 fully saturated rings. The van der Waals surface area contributed by atoms with Crippen LogP contribution in [0.15, 0.2) is 31.0 Å². The molecular formula is C20H22F7N3O5. The van der Waals surface area contributed by atoms with E-state index in [9.17, 15) is 35.5 Å². The first kappa shape index (κ1) is 29.8. The monoisotopic (exact) mass is 517 g/mol. The Balaban J connectivity index is 0.000000362. The highest BCUT2D eigenvalue weighted by molar-refractivity contribution is 5.79. The summed E-state index contributed by atoms with van der Waals surface area (Å²) in [6.45, 7) is 8.51. The van der Waals surface area contributed by atoms with E-state index in [0.29, 0.717) is 5.69 Å². The molecule has 2 saturated heterocycles. The maximum atomic E-state index is 12.8. The van der Waals surface area contributed by atoms with Crippen LogP contribution in [-0.2, 0) is 20.8 Å². The van der Waals surface area contributed by atoms with Crippen LogP contribution in [0.5, 0.6) is 0 Å². The van der Waals surface area contributed by atoms with Crippen molar-refractivity contribution in [2.45, 2.75) is 25.2 Å². The number of hydrogen-bond donors (Lipinski definition) is 2. The third kappa shape index (κ3) is 9.88. The van der Waals surface area contributed by atoms with Gasteiger partial charge in [-0.05, 0) is 25.1 Å². The van der Waals surface area contributed by atoms with Gasteiger partial charge in [-0.25, -0.2) is 14.0 Å². The summed E-state index contributed by atoms with van der Waals surface area (Å²) < 4.78 is 76.3. The Bertz CT molecular complexity index is 874. The molecule has 1 amide bonds. The molecule has 0 atom stereocenters. The molecule has 0 unspecified atom stereocenters. The molecule has 1 spiro atoms. The van der Waals surface area contributed by atoms with E-state index in [2.05, 4.69) is 16.5 Å². The molecule has 0 aliphatic carbocycles. The van der Waals surface area contributed by atoms with Crippen molar-refractivity contribution in [1.82, 2.24) is 14.8 Å². The van der Waals surface area contributed by atoms with Gasteiger partial charge in [0.15, 0.2) is 0 Å². The third-order valence-corrected chi connectivity index (χ3v) is 4.92. The van der Waals surface area contributed by atoms with Gasteiger partial charge in [0.05, 0.1) is 12.6 Å². The fourth-order valence-electron chi connectivity index (χ4n) is 3.34. The van der Waals surface area contributed by atoms with Gasteiger partial charge in [0.1, 0.15) is 5.82 Å². The van der Waals surface area contributed by atoms with Gasteiger partial charge in [0, 0.05) is 37.3 Å². The van der Waals surface area contributed by atoms with Crippen LogP contribution in [0, 0.1) is 11.2 Å². The molecule has 0 saturated carbocycles. The molecule has 0 bridgehead atoms. The summed E-state index contributed by atoms with van der Waals surface area (Å²) in [5.41, 5.74) is 0.914. The zero-order valence-corrected chi connectivity index (χ0v) is 18.1. The molecule has 1 aromatic heterocycles. The zero-order chi connectivity index (χ0) is 27.0. The second-order valence-electron chi connectivity index (χ2n) is 7.77. The maximum absolute atomic E-state index is 12.8. The number of pyridine rings is 1. The molecule has 8 nitrogen and oxygen atoms in total. The number of carbonyl (C=O) groups excluding carboxylic acids is 1. The smallest absolute Gasteiger partial charge is 0.475 e. The van der Waals surface area contributed by atoms with Crippen LogP contribution in [-0.4, -0.2) is 87.9 Å². The number of carboxylic acid groups (broad SMARTS) is 2. The molecule has 1 aromatic rings. The van der Waals surface area contributed by atoms with Crippen LogP contribution in [0.3, 0.4) is 0 Å². The van der Waals surface area contributed by atoms with Crippen molar-refractivity contribution < 1.29 is 55.3 Å². The van der Waals surface area contributed by atoms with Gasteiger partial charge < -0.3 is 15.1 Å². The van der Waals surface area contributed by atoms with Crippen molar-refractivity contribution in [1.29, 1.82) is 0 Å². The highest BCUT2D eigenvalue weighted by Gasteiger charge is 2.48. The van der Waals surface area contributed by atoms with Gasteiger partial charge in [-0.2, -0.15) is 26.3 Å². The van der Waals surface area contributed by atoms with E-state index in [1.54, 1.807) is 6.07 Å². The van der Waals surface area contributed by atoms with Gasteiger partial charge >= 0.3 is 24.3 Å². The largest absolute Gasteiger partial charge is 0.490 e. The summed E-state index contributed by atoms with van der Waals surface area (Å²) in [4.78, 5) is 38.2. The van der Waals surface area contributed by atoms with Crippen LogP contribution in [0.1, 0.15) is 12.1 Å². The van der Waals surface area contributed by atoms with Crippen LogP contribution in [0.4, 0.5) is 30.7 Å². The molecular weight excluding hydrogens is 495 g/mol. The summed E-state index contributed by atoms with van der Waals surface area (Å²) in [5, 5.41) is 14.2. The number of carbonyl (C=O) groups is 3. The minimum absolute atomic E-state index is 0.0851. The first-order valence-corrected chi connectivity index (χ1v) is 9.81. The second kappa shape index (κ2) is 12.0. The van der Waals surface area contributed by atoms with Gasteiger partial charge in [0.25, 0.3) is 0 Å². The Kier molecular flexibility index (Phi) is 10.2. The van der Waals surface area contributed by atoms with Crippen LogP contribution < -0.4 is 0 Å². The van der Waals surface area contributed by atoms with Crippen molar-refractivity contribution in [2.75, 3.05) is 32.7 Å². The van der Waals surface area contributed by atoms with Gasteiger partial charge in [-0.1, -0.05) is 6.08 Å². The second-order valence-corrected chi connectivity index (χ2v) is 7.77. The standard InChI is InChI=1S/C16H20FN3O.2C2HF3O2/c1-2-6-19-7-5-16(10-19)11-20(12-16)15(21)8-14-4-3-13(17)9-18-14;2*3-2(4,5)1(6)7/h2-4,9H,1,5-8,10-12H2;2*(H,6,7). The van der Waals surface area contributed by atoms with Crippen molar-refractivity contribution >= 4 is 17.8 Å². The van der Waals surface area contributed by atoms with Gasteiger partial charge in [0.2, 0.25) is 5.91 Å². The predicted octanol–water partition coefficient (Wildman–Crippen LogP) is 2.75. The third-order valence-electron chi connectivity index (χ3n) is 4.92. The van der Waals surface area contributed by atoms with Crippen molar-refractivity contribution in [3.05, 3.63) is 42.5 Å². The topological polar surface area (TPSA) is 111 Å². The zero-order valence-electron chi connectivity index (χ0n) is 18.1. The minimum atomic E-state index is -5.08. The fourth-order valence-corrected chi connectivity index (χ4v) is 3.34. The number of aromatic nitrogens is 1. The molecule has 35 heavy (non-hydrogen) atoms. The average Bonchev–Trinajstić information content (AvgIpc) is 3.13. The summed E-state index contributed by atoms with van der Waals surface area (Å²) >= 11 is 0. The Labute approximate surface area is 194 Å². The maximum Gasteiger partial charge on any atom is 0.490 e. The average molecular weight is 517 g/mol. The van der Waals surface area contributed by atoms with Crippen molar-refractivity contribution in [2.24, 2.45) is 5.41 Å². The Morgan fingerprint density at radius 2 is 1.54 bits per heavy atom. The SMILES string of the molecule is C=CCN1CCC2(C1)CN(C(=O)Cc1ccc(F)cn1)C2.O=C(O)C(F)(F)F.O=C(O)C(F)(F)F. The van der Waals surface area contributed by atoms with Crippen molar-refractivity contribution in [3.63, 3.8) is 0 Å². The molecule has 3 heterocycles. The number of carboxylic acids is 2. The highest BCUT2D eigenvalue weighted by Crippen LogP contribution is 2.39. The lowest BCUT2D eigenvalue weighted by Gasteiger charge is -2.48. The van der Waals surface area contributed by atoms with Gasteiger partial charge in [-0.15, -0.1) is 6.58 Å². The van der Waals surface area contributed by atoms with E-state index in [4.69, 9.17) is 19.8 Å². The van der Waals surface area contributed by atoms with E-state index in [1.807, 2.05) is 11.0 Å². The van der Waals surface area contributed by atoms with Crippen LogP contribution >= 0.6 is 0 Å². The van der Waals surface area contributed by atoms with Crippen LogP contribution in [0.25, 0.3) is 0 Å². The van der Waals surface area contributed by atoms with E-state index in [1.165, 1.54) is 6.07 Å². The Hall–Kier alpha value is -3.23. The normalized spacial score (nSPS) is 16.8. The van der Waals surface area contributed by atoms with E-state index in [0.717, 1.165) is 45.3 Å².